The minimum Gasteiger partial charge on any atom is -0.360 e. The highest BCUT2D eigenvalue weighted by molar-refractivity contribution is 4.75. The van der Waals surface area contributed by atoms with Crippen molar-refractivity contribution in [2.75, 3.05) is 19.8 Å². The van der Waals surface area contributed by atoms with Crippen LogP contribution < -0.4 is 5.73 Å². The molecule has 0 radical (unpaired) electrons. The molecule has 0 aromatic heterocycles. The molecule has 0 saturated carbocycles. The van der Waals surface area contributed by atoms with Gasteiger partial charge in [0.2, 0.25) is 0 Å². The van der Waals surface area contributed by atoms with Crippen molar-refractivity contribution < 1.29 is 4.74 Å². The summed E-state index contributed by atoms with van der Waals surface area (Å²) in [4.78, 5) is 2.25. The Bertz CT molecular complexity index is 156. The summed E-state index contributed by atoms with van der Waals surface area (Å²) in [7, 11) is 0. The maximum atomic E-state index is 5.74. The van der Waals surface area contributed by atoms with Gasteiger partial charge in [-0.3, -0.25) is 4.90 Å². The minimum absolute atomic E-state index is 0.0852. The van der Waals surface area contributed by atoms with E-state index in [1.54, 1.807) is 0 Å². The van der Waals surface area contributed by atoms with Gasteiger partial charge in [-0.15, -0.1) is 0 Å². The number of rotatable bonds is 4. The molecule has 0 aromatic rings. The average molecular weight is 202 g/mol. The van der Waals surface area contributed by atoms with Crippen LogP contribution >= 0.6 is 0 Å². The second-order valence-corrected chi connectivity index (χ2v) is 5.61. The lowest BCUT2D eigenvalue weighted by Crippen LogP contribution is -2.46. The van der Waals surface area contributed by atoms with Crippen LogP contribution in [0.1, 0.15) is 41.5 Å². The number of hydrogen-bond donors (Lipinski definition) is 1. The Morgan fingerprint density at radius 1 is 1.07 bits per heavy atom. The molecule has 0 aromatic carbocycles. The van der Waals surface area contributed by atoms with Gasteiger partial charge in [-0.1, -0.05) is 0 Å². The third kappa shape index (κ3) is 6.35. The summed E-state index contributed by atoms with van der Waals surface area (Å²) in [5.41, 5.74) is 5.60. The highest BCUT2D eigenvalue weighted by Crippen LogP contribution is 2.15. The second kappa shape index (κ2) is 5.10. The fourth-order valence-electron chi connectivity index (χ4n) is 1.02. The molecule has 0 aliphatic rings. The minimum atomic E-state index is -0.0852. The molecule has 3 heteroatoms. The van der Waals surface area contributed by atoms with E-state index < -0.39 is 0 Å². The molecule has 3 nitrogen and oxygen atoms in total. The predicted octanol–water partition coefficient (Wildman–Crippen LogP) is 1.82. The van der Waals surface area contributed by atoms with Crippen molar-refractivity contribution >= 4 is 0 Å². The maximum absolute atomic E-state index is 5.74. The van der Waals surface area contributed by atoms with Crippen LogP contribution in [-0.4, -0.2) is 35.9 Å². The fourth-order valence-corrected chi connectivity index (χ4v) is 1.02. The van der Waals surface area contributed by atoms with Gasteiger partial charge in [0.1, 0.15) is 6.73 Å². The topological polar surface area (TPSA) is 38.5 Å². The van der Waals surface area contributed by atoms with E-state index in [9.17, 15) is 0 Å². The molecule has 0 rings (SSSR count). The Kier molecular flexibility index (Phi) is 5.06. The monoisotopic (exact) mass is 202 g/mol. The smallest absolute Gasteiger partial charge is 0.100 e. The van der Waals surface area contributed by atoms with E-state index in [1.807, 2.05) is 0 Å². The van der Waals surface area contributed by atoms with Crippen molar-refractivity contribution in [3.05, 3.63) is 0 Å². The summed E-state index contributed by atoms with van der Waals surface area (Å²) in [6.45, 7) is 14.9. The molecule has 86 valence electrons. The van der Waals surface area contributed by atoms with Crippen LogP contribution in [0.4, 0.5) is 0 Å². The molecule has 0 spiro atoms. The highest BCUT2D eigenvalue weighted by Gasteiger charge is 2.22. The third-order valence-corrected chi connectivity index (χ3v) is 2.00. The Morgan fingerprint density at radius 3 is 1.86 bits per heavy atom. The largest absolute Gasteiger partial charge is 0.360 e. The lowest BCUT2D eigenvalue weighted by atomic mass is 10.1. The van der Waals surface area contributed by atoms with Crippen LogP contribution in [0.5, 0.6) is 0 Å². The fraction of sp³-hybridized carbons (Fsp3) is 1.00. The molecule has 0 aliphatic heterocycles. The van der Waals surface area contributed by atoms with E-state index in [4.69, 9.17) is 10.5 Å². The van der Waals surface area contributed by atoms with E-state index in [1.165, 1.54) is 0 Å². The first-order valence-electron chi connectivity index (χ1n) is 5.26. The van der Waals surface area contributed by atoms with Gasteiger partial charge >= 0.3 is 0 Å². The summed E-state index contributed by atoms with van der Waals surface area (Å²) in [6.07, 6.45) is 0. The Balaban J connectivity index is 4.12. The van der Waals surface area contributed by atoms with Gasteiger partial charge in [-0.25, -0.2) is 0 Å². The highest BCUT2D eigenvalue weighted by atomic mass is 16.5. The molecule has 2 N–H and O–H groups in total. The Hall–Kier alpha value is -0.120. The van der Waals surface area contributed by atoms with Crippen LogP contribution in [0.2, 0.25) is 0 Å². The van der Waals surface area contributed by atoms with E-state index in [0.717, 1.165) is 6.54 Å². The van der Waals surface area contributed by atoms with Crippen LogP contribution in [0.3, 0.4) is 0 Å². The molecular weight excluding hydrogens is 176 g/mol. The molecule has 0 bridgehead atoms. The first-order chi connectivity index (χ1) is 6.17. The summed E-state index contributed by atoms with van der Waals surface area (Å²) >= 11 is 0. The van der Waals surface area contributed by atoms with Crippen molar-refractivity contribution in [2.24, 2.45) is 5.73 Å². The quantitative estimate of drug-likeness (QED) is 0.707. The Morgan fingerprint density at radius 2 is 1.57 bits per heavy atom. The number of nitrogens with two attached hydrogens (primary N) is 1. The van der Waals surface area contributed by atoms with E-state index >= 15 is 0 Å². The molecule has 0 amide bonds. The molecule has 0 atom stereocenters. The van der Waals surface area contributed by atoms with Crippen LogP contribution in [0.15, 0.2) is 0 Å². The first-order valence-corrected chi connectivity index (χ1v) is 5.26. The van der Waals surface area contributed by atoms with Crippen LogP contribution in [0, 0.1) is 0 Å². The molecule has 14 heavy (non-hydrogen) atoms. The van der Waals surface area contributed by atoms with E-state index in [0.29, 0.717) is 13.3 Å². The number of nitrogens with zero attached hydrogens (tertiary/aromatic N) is 1. The molecule has 0 unspecified atom stereocenters. The zero-order valence-corrected chi connectivity index (χ0v) is 10.6. The average Bonchev–Trinajstić information content (AvgIpc) is 1.93. The summed E-state index contributed by atoms with van der Waals surface area (Å²) < 4.78 is 5.74. The lowest BCUT2D eigenvalue weighted by molar-refractivity contribution is -0.0873. The van der Waals surface area contributed by atoms with Gasteiger partial charge in [-0.2, -0.15) is 0 Å². The summed E-state index contributed by atoms with van der Waals surface area (Å²) in [6, 6.07) is 0. The first kappa shape index (κ1) is 13.9. The second-order valence-electron chi connectivity index (χ2n) is 5.61. The van der Waals surface area contributed by atoms with Gasteiger partial charge in [-0.05, 0) is 41.5 Å². The van der Waals surface area contributed by atoms with E-state index in [2.05, 4.69) is 46.4 Å². The van der Waals surface area contributed by atoms with Crippen molar-refractivity contribution in [1.29, 1.82) is 0 Å². The van der Waals surface area contributed by atoms with Crippen molar-refractivity contribution in [1.82, 2.24) is 4.90 Å². The van der Waals surface area contributed by atoms with Crippen LogP contribution in [-0.2, 0) is 4.74 Å². The van der Waals surface area contributed by atoms with Gasteiger partial charge in [0.15, 0.2) is 0 Å². The number of hydrogen-bond acceptors (Lipinski definition) is 3. The van der Waals surface area contributed by atoms with Crippen LogP contribution in [0.25, 0.3) is 0 Å². The summed E-state index contributed by atoms with van der Waals surface area (Å²) in [5.74, 6) is 0. The number of ether oxygens (including phenoxy) is 1. The normalized spacial score (nSPS) is 13.7. The molecular formula is C11H26N2O. The summed E-state index contributed by atoms with van der Waals surface area (Å²) in [5, 5.41) is 0. The van der Waals surface area contributed by atoms with Gasteiger partial charge in [0.25, 0.3) is 0 Å². The zero-order chi connectivity index (χ0) is 11.4. The SMILES string of the molecule is CC(C)(C)OCN(CCN)C(C)(C)C. The molecule has 0 heterocycles. The third-order valence-electron chi connectivity index (χ3n) is 2.00. The lowest BCUT2D eigenvalue weighted by Gasteiger charge is -2.37. The zero-order valence-electron chi connectivity index (χ0n) is 10.6. The molecule has 0 aliphatic carbocycles. The maximum Gasteiger partial charge on any atom is 0.100 e. The standard InChI is InChI=1S/C11H26N2O/c1-10(2,3)13(8-7-12)9-14-11(4,5)6/h7-9,12H2,1-6H3. The van der Waals surface area contributed by atoms with Crippen molar-refractivity contribution in [3.63, 3.8) is 0 Å². The van der Waals surface area contributed by atoms with E-state index in [-0.39, 0.29) is 11.1 Å². The molecule has 0 fully saturated rings. The molecule has 0 saturated heterocycles. The van der Waals surface area contributed by atoms with Gasteiger partial charge < -0.3 is 10.5 Å². The van der Waals surface area contributed by atoms with Gasteiger partial charge in [0.05, 0.1) is 5.60 Å². The predicted molar refractivity (Wildman–Crippen MR) is 61.2 cm³/mol. The Labute approximate surface area is 88.6 Å². The van der Waals surface area contributed by atoms with Crippen molar-refractivity contribution in [3.8, 4) is 0 Å². The van der Waals surface area contributed by atoms with Gasteiger partial charge in [0, 0.05) is 18.6 Å². The van der Waals surface area contributed by atoms with Crippen molar-refractivity contribution in [2.45, 2.75) is 52.7 Å².